The van der Waals surface area contributed by atoms with Crippen LogP contribution in [0.15, 0.2) is 4.90 Å². The van der Waals surface area contributed by atoms with Crippen molar-refractivity contribution in [3.8, 4) is 0 Å². The van der Waals surface area contributed by atoms with E-state index in [0.29, 0.717) is 12.8 Å². The second kappa shape index (κ2) is 5.90. The van der Waals surface area contributed by atoms with Crippen molar-refractivity contribution < 1.29 is 30.4 Å². The number of sulfone groups is 1. The predicted molar refractivity (Wildman–Crippen MR) is 64.9 cm³/mol. The first-order valence-corrected chi connectivity index (χ1v) is 8.15. The lowest BCUT2D eigenvalue weighted by Gasteiger charge is -2.21. The molecule has 2 nitrogen and oxygen atoms in total. The Balaban J connectivity index is 2.45. The van der Waals surface area contributed by atoms with Crippen LogP contribution in [0.25, 0.3) is 0 Å². The number of hydrogen-bond donors (Lipinski definition) is 0. The SMILES string of the molecule is O=S(=O)(CC1CCCCC1)c1c(F)c(F)c(F)c(F)c1F. The highest BCUT2D eigenvalue weighted by atomic mass is 32.2. The van der Waals surface area contributed by atoms with E-state index in [1.54, 1.807) is 0 Å². The van der Waals surface area contributed by atoms with Crippen molar-refractivity contribution >= 4 is 9.84 Å². The molecule has 0 unspecified atom stereocenters. The normalized spacial score (nSPS) is 17.2. The molecule has 0 bridgehead atoms. The lowest BCUT2D eigenvalue weighted by Crippen LogP contribution is -2.22. The van der Waals surface area contributed by atoms with Crippen LogP contribution in [-0.2, 0) is 9.84 Å². The van der Waals surface area contributed by atoms with E-state index in [0.717, 1.165) is 19.3 Å². The molecule has 1 aliphatic carbocycles. The fourth-order valence-corrected chi connectivity index (χ4v) is 4.45. The van der Waals surface area contributed by atoms with E-state index in [-0.39, 0.29) is 5.92 Å². The highest BCUT2D eigenvalue weighted by molar-refractivity contribution is 7.91. The molecular weight excluding hydrogens is 315 g/mol. The summed E-state index contributed by atoms with van der Waals surface area (Å²) in [5.74, 6) is -12.3. The zero-order valence-corrected chi connectivity index (χ0v) is 11.8. The molecule has 0 aromatic heterocycles. The van der Waals surface area contributed by atoms with Crippen LogP contribution in [0.5, 0.6) is 0 Å². The Hall–Kier alpha value is -1.18. The van der Waals surface area contributed by atoms with E-state index in [9.17, 15) is 30.4 Å². The third-order valence-electron chi connectivity index (χ3n) is 3.66. The van der Waals surface area contributed by atoms with Crippen LogP contribution in [0.4, 0.5) is 22.0 Å². The van der Waals surface area contributed by atoms with Gasteiger partial charge in [0, 0.05) is 0 Å². The molecule has 0 amide bonds. The Morgan fingerprint density at radius 2 is 1.19 bits per heavy atom. The minimum atomic E-state index is -4.58. The van der Waals surface area contributed by atoms with Gasteiger partial charge in [0.2, 0.25) is 5.82 Å². The Morgan fingerprint density at radius 1 is 0.762 bits per heavy atom. The number of rotatable bonds is 3. The van der Waals surface area contributed by atoms with E-state index >= 15 is 0 Å². The van der Waals surface area contributed by atoms with E-state index in [2.05, 4.69) is 0 Å². The highest BCUT2D eigenvalue weighted by Crippen LogP contribution is 2.31. The minimum absolute atomic E-state index is 0.321. The first kappa shape index (κ1) is 16.2. The number of halogens is 5. The highest BCUT2D eigenvalue weighted by Gasteiger charge is 2.34. The van der Waals surface area contributed by atoms with Gasteiger partial charge in [-0.05, 0) is 18.8 Å². The lowest BCUT2D eigenvalue weighted by molar-refractivity contribution is 0.355. The second-order valence-corrected chi connectivity index (χ2v) is 7.16. The molecule has 0 spiro atoms. The van der Waals surface area contributed by atoms with Crippen LogP contribution in [0.3, 0.4) is 0 Å². The molecule has 0 atom stereocenters. The van der Waals surface area contributed by atoms with Gasteiger partial charge in [-0.2, -0.15) is 0 Å². The fourth-order valence-electron chi connectivity index (χ4n) is 2.61. The molecule has 0 aliphatic heterocycles. The average Bonchev–Trinajstić information content (AvgIpc) is 2.43. The summed E-state index contributed by atoms with van der Waals surface area (Å²) in [5.41, 5.74) is 0. The standard InChI is InChI=1S/C13H13F5O2S/c14-8-9(15)11(17)13(12(18)10(8)16)21(19,20)6-7-4-2-1-3-5-7/h7H,1-6H2. The Bertz CT molecular complexity index is 622. The van der Waals surface area contributed by atoms with Gasteiger partial charge in [-0.25, -0.2) is 30.4 Å². The van der Waals surface area contributed by atoms with Crippen molar-refractivity contribution in [3.63, 3.8) is 0 Å². The van der Waals surface area contributed by atoms with Crippen molar-refractivity contribution in [1.29, 1.82) is 0 Å². The predicted octanol–water partition coefficient (Wildman–Crippen LogP) is 3.74. The van der Waals surface area contributed by atoms with Gasteiger partial charge >= 0.3 is 0 Å². The molecule has 0 radical (unpaired) electrons. The van der Waals surface area contributed by atoms with Gasteiger partial charge in [0.1, 0.15) is 4.90 Å². The molecule has 1 aromatic rings. The summed E-state index contributed by atoms with van der Waals surface area (Å²) < 4.78 is 90.2. The Morgan fingerprint density at radius 3 is 1.67 bits per heavy atom. The monoisotopic (exact) mass is 328 g/mol. The van der Waals surface area contributed by atoms with Crippen LogP contribution in [0, 0.1) is 35.0 Å². The molecule has 8 heteroatoms. The molecule has 1 aromatic carbocycles. The smallest absolute Gasteiger partial charge is 0.200 e. The zero-order valence-electron chi connectivity index (χ0n) is 10.9. The van der Waals surface area contributed by atoms with Gasteiger partial charge in [0.25, 0.3) is 0 Å². The maximum Gasteiger partial charge on any atom is 0.200 e. The van der Waals surface area contributed by atoms with Crippen molar-refractivity contribution in [2.45, 2.75) is 37.0 Å². The third kappa shape index (κ3) is 3.04. The maximum atomic E-state index is 13.6. The zero-order chi connectivity index (χ0) is 15.8. The van der Waals surface area contributed by atoms with E-state index in [4.69, 9.17) is 0 Å². The molecule has 118 valence electrons. The summed E-state index contributed by atoms with van der Waals surface area (Å²) in [5, 5.41) is 0. The number of hydrogen-bond acceptors (Lipinski definition) is 2. The average molecular weight is 328 g/mol. The van der Waals surface area contributed by atoms with Crippen LogP contribution in [0.1, 0.15) is 32.1 Å². The van der Waals surface area contributed by atoms with Crippen molar-refractivity contribution in [3.05, 3.63) is 29.1 Å². The largest absolute Gasteiger partial charge is 0.223 e. The Labute approximate surface area is 118 Å². The van der Waals surface area contributed by atoms with E-state index < -0.39 is 49.6 Å². The lowest BCUT2D eigenvalue weighted by atomic mass is 9.91. The van der Waals surface area contributed by atoms with Crippen molar-refractivity contribution in [2.24, 2.45) is 5.92 Å². The van der Waals surface area contributed by atoms with Gasteiger partial charge in [-0.3, -0.25) is 0 Å². The molecule has 0 heterocycles. The summed E-state index contributed by atoms with van der Waals surface area (Å²) in [6, 6.07) is 0. The minimum Gasteiger partial charge on any atom is -0.223 e. The second-order valence-electron chi connectivity index (χ2n) is 5.18. The summed E-state index contributed by atoms with van der Waals surface area (Å²) >= 11 is 0. The summed E-state index contributed by atoms with van der Waals surface area (Å²) in [7, 11) is -4.58. The molecule has 1 saturated carbocycles. The van der Waals surface area contributed by atoms with Crippen molar-refractivity contribution in [1.82, 2.24) is 0 Å². The van der Waals surface area contributed by atoms with E-state index in [1.165, 1.54) is 0 Å². The first-order valence-electron chi connectivity index (χ1n) is 6.50. The van der Waals surface area contributed by atoms with Gasteiger partial charge in [-0.1, -0.05) is 19.3 Å². The Kier molecular flexibility index (Phi) is 4.55. The maximum absolute atomic E-state index is 13.6. The molecule has 0 N–H and O–H groups in total. The summed E-state index contributed by atoms with van der Waals surface area (Å²) in [6.07, 6.45) is 3.65. The van der Waals surface area contributed by atoms with Gasteiger partial charge in [0.05, 0.1) is 5.75 Å². The first-order chi connectivity index (χ1) is 9.75. The van der Waals surface area contributed by atoms with Gasteiger partial charge < -0.3 is 0 Å². The molecule has 2 rings (SSSR count). The van der Waals surface area contributed by atoms with Crippen LogP contribution in [0.2, 0.25) is 0 Å². The van der Waals surface area contributed by atoms with Crippen LogP contribution in [-0.4, -0.2) is 14.2 Å². The van der Waals surface area contributed by atoms with Crippen molar-refractivity contribution in [2.75, 3.05) is 5.75 Å². The molecular formula is C13H13F5O2S. The van der Waals surface area contributed by atoms with Crippen LogP contribution < -0.4 is 0 Å². The molecule has 0 saturated heterocycles. The van der Waals surface area contributed by atoms with Gasteiger partial charge in [-0.15, -0.1) is 0 Å². The van der Waals surface area contributed by atoms with Crippen LogP contribution >= 0.6 is 0 Å². The third-order valence-corrected chi connectivity index (χ3v) is 5.55. The summed E-state index contributed by atoms with van der Waals surface area (Å²) in [4.78, 5) is -1.72. The molecule has 1 aliphatic rings. The van der Waals surface area contributed by atoms with E-state index in [1.807, 2.05) is 0 Å². The van der Waals surface area contributed by atoms with Gasteiger partial charge in [0.15, 0.2) is 33.1 Å². The molecule has 1 fully saturated rings. The summed E-state index contributed by atoms with van der Waals surface area (Å²) in [6.45, 7) is 0. The topological polar surface area (TPSA) is 34.1 Å². The number of benzene rings is 1. The quantitative estimate of drug-likeness (QED) is 0.367. The molecule has 21 heavy (non-hydrogen) atoms. The fraction of sp³-hybridized carbons (Fsp3) is 0.538.